The first-order valence-corrected chi connectivity index (χ1v) is 9.79. The molecule has 7 heteroatoms. The lowest BCUT2D eigenvalue weighted by molar-refractivity contribution is -0.133. The molecular formula is C22H23FN4O2. The summed E-state index contributed by atoms with van der Waals surface area (Å²) >= 11 is 0. The standard InChI is InChI=1S/C22H23FN4O2/c23-19-7-2-1-6-18(19)20-15-25-21(29-20)8-9-22(28)27-13-11-26(12-14-27)16-17-5-3-4-10-24-17/h1-7,10,15H,8-9,11-14,16H2. The highest BCUT2D eigenvalue weighted by atomic mass is 19.1. The number of rotatable bonds is 6. The minimum atomic E-state index is -0.352. The number of amides is 1. The van der Waals surface area contributed by atoms with Gasteiger partial charge >= 0.3 is 0 Å². The number of benzene rings is 1. The van der Waals surface area contributed by atoms with E-state index < -0.39 is 0 Å². The summed E-state index contributed by atoms with van der Waals surface area (Å²) in [5, 5.41) is 0. The maximum Gasteiger partial charge on any atom is 0.223 e. The zero-order chi connectivity index (χ0) is 20.1. The van der Waals surface area contributed by atoms with Crippen molar-refractivity contribution >= 4 is 5.91 Å². The Morgan fingerprint density at radius 2 is 1.83 bits per heavy atom. The lowest BCUT2D eigenvalue weighted by Crippen LogP contribution is -2.48. The lowest BCUT2D eigenvalue weighted by atomic mass is 10.2. The molecular weight excluding hydrogens is 371 g/mol. The van der Waals surface area contributed by atoms with Crippen molar-refractivity contribution in [3.63, 3.8) is 0 Å². The average Bonchev–Trinajstić information content (AvgIpc) is 3.22. The number of piperazine rings is 1. The van der Waals surface area contributed by atoms with Crippen LogP contribution in [0.1, 0.15) is 18.0 Å². The molecule has 150 valence electrons. The highest BCUT2D eigenvalue weighted by Gasteiger charge is 2.21. The molecule has 3 aromatic rings. The van der Waals surface area contributed by atoms with E-state index in [1.165, 1.54) is 12.3 Å². The first-order valence-electron chi connectivity index (χ1n) is 9.79. The number of aromatic nitrogens is 2. The van der Waals surface area contributed by atoms with Gasteiger partial charge in [0.05, 0.1) is 17.5 Å². The largest absolute Gasteiger partial charge is 0.441 e. The molecule has 1 aliphatic heterocycles. The molecule has 6 nitrogen and oxygen atoms in total. The molecule has 0 radical (unpaired) electrons. The number of nitrogens with zero attached hydrogens (tertiary/aromatic N) is 4. The number of carbonyl (C=O) groups excluding carboxylic acids is 1. The SMILES string of the molecule is O=C(CCc1ncc(-c2ccccc2F)o1)N1CCN(Cc2ccccn2)CC1. The number of oxazole rings is 1. The predicted molar refractivity (Wildman–Crippen MR) is 106 cm³/mol. The zero-order valence-corrected chi connectivity index (χ0v) is 16.1. The van der Waals surface area contributed by atoms with Crippen LogP contribution in [-0.2, 0) is 17.8 Å². The van der Waals surface area contributed by atoms with E-state index in [9.17, 15) is 9.18 Å². The van der Waals surface area contributed by atoms with Crippen LogP contribution in [0.5, 0.6) is 0 Å². The third kappa shape index (κ3) is 4.86. The highest BCUT2D eigenvalue weighted by Crippen LogP contribution is 2.23. The molecule has 1 fully saturated rings. The van der Waals surface area contributed by atoms with Crippen molar-refractivity contribution in [3.8, 4) is 11.3 Å². The molecule has 4 rings (SSSR count). The molecule has 0 saturated carbocycles. The Labute approximate surface area is 169 Å². The fourth-order valence-corrected chi connectivity index (χ4v) is 3.46. The minimum Gasteiger partial charge on any atom is -0.441 e. The Morgan fingerprint density at radius 1 is 1.03 bits per heavy atom. The van der Waals surface area contributed by atoms with Gasteiger partial charge in [-0.2, -0.15) is 0 Å². The Kier molecular flexibility index (Phi) is 5.95. The van der Waals surface area contributed by atoms with Gasteiger partial charge in [0.1, 0.15) is 5.82 Å². The first kappa shape index (κ1) is 19.3. The summed E-state index contributed by atoms with van der Waals surface area (Å²) < 4.78 is 19.5. The molecule has 2 aromatic heterocycles. The van der Waals surface area contributed by atoms with Gasteiger partial charge in [0, 0.05) is 51.8 Å². The molecule has 29 heavy (non-hydrogen) atoms. The van der Waals surface area contributed by atoms with E-state index in [-0.39, 0.29) is 11.7 Å². The van der Waals surface area contributed by atoms with Gasteiger partial charge in [-0.05, 0) is 24.3 Å². The average molecular weight is 394 g/mol. The van der Waals surface area contributed by atoms with Crippen LogP contribution in [0.3, 0.4) is 0 Å². The van der Waals surface area contributed by atoms with E-state index in [0.717, 1.165) is 25.3 Å². The summed E-state index contributed by atoms with van der Waals surface area (Å²) in [7, 11) is 0. The van der Waals surface area contributed by atoms with Gasteiger partial charge in [-0.15, -0.1) is 0 Å². The van der Waals surface area contributed by atoms with Crippen molar-refractivity contribution in [2.24, 2.45) is 0 Å². The van der Waals surface area contributed by atoms with Crippen molar-refractivity contribution in [1.82, 2.24) is 19.8 Å². The summed E-state index contributed by atoms with van der Waals surface area (Å²) in [4.78, 5) is 25.3. The van der Waals surface area contributed by atoms with Crippen molar-refractivity contribution in [3.05, 3.63) is 72.3 Å². The molecule has 0 N–H and O–H groups in total. The smallest absolute Gasteiger partial charge is 0.223 e. The number of hydrogen-bond donors (Lipinski definition) is 0. The fraction of sp³-hybridized carbons (Fsp3) is 0.318. The molecule has 0 unspecified atom stereocenters. The summed E-state index contributed by atoms with van der Waals surface area (Å²) in [6.45, 7) is 3.88. The number of carbonyl (C=O) groups is 1. The van der Waals surface area contributed by atoms with Gasteiger partial charge in [-0.25, -0.2) is 9.37 Å². The topological polar surface area (TPSA) is 62.5 Å². The summed E-state index contributed by atoms with van der Waals surface area (Å²) in [6, 6.07) is 12.3. The molecule has 3 heterocycles. The number of pyridine rings is 1. The van der Waals surface area contributed by atoms with Crippen LogP contribution >= 0.6 is 0 Å². The third-order valence-electron chi connectivity index (χ3n) is 5.08. The Morgan fingerprint density at radius 3 is 2.59 bits per heavy atom. The Hall–Kier alpha value is -3.06. The lowest BCUT2D eigenvalue weighted by Gasteiger charge is -2.34. The maximum atomic E-state index is 13.9. The Bertz CT molecular complexity index is 952. The van der Waals surface area contributed by atoms with E-state index in [1.807, 2.05) is 23.1 Å². The second-order valence-electron chi connectivity index (χ2n) is 7.08. The molecule has 0 atom stereocenters. The molecule has 1 saturated heterocycles. The van der Waals surface area contributed by atoms with Gasteiger partial charge in [-0.1, -0.05) is 18.2 Å². The third-order valence-corrected chi connectivity index (χ3v) is 5.08. The summed E-state index contributed by atoms with van der Waals surface area (Å²) in [6.07, 6.45) is 4.04. The van der Waals surface area contributed by atoms with Crippen molar-refractivity contribution in [1.29, 1.82) is 0 Å². The maximum absolute atomic E-state index is 13.9. The van der Waals surface area contributed by atoms with Crippen LogP contribution < -0.4 is 0 Å². The number of hydrogen-bond acceptors (Lipinski definition) is 5. The van der Waals surface area contributed by atoms with Crippen LogP contribution in [0.2, 0.25) is 0 Å². The minimum absolute atomic E-state index is 0.0909. The van der Waals surface area contributed by atoms with Crippen LogP contribution in [0.4, 0.5) is 4.39 Å². The molecule has 1 aromatic carbocycles. The van der Waals surface area contributed by atoms with E-state index in [4.69, 9.17) is 4.42 Å². The number of aryl methyl sites for hydroxylation is 1. The molecule has 0 bridgehead atoms. The summed E-state index contributed by atoms with van der Waals surface area (Å²) in [5.74, 6) is 0.571. The van der Waals surface area contributed by atoms with Gasteiger partial charge in [0.15, 0.2) is 11.7 Å². The molecule has 0 aliphatic carbocycles. The second kappa shape index (κ2) is 8.96. The fourth-order valence-electron chi connectivity index (χ4n) is 3.46. The van der Waals surface area contributed by atoms with Crippen LogP contribution in [-0.4, -0.2) is 51.9 Å². The molecule has 1 amide bonds. The normalized spacial score (nSPS) is 14.9. The monoisotopic (exact) mass is 394 g/mol. The van der Waals surface area contributed by atoms with E-state index in [2.05, 4.69) is 14.9 Å². The van der Waals surface area contributed by atoms with Gasteiger partial charge in [-0.3, -0.25) is 14.7 Å². The van der Waals surface area contributed by atoms with Crippen LogP contribution in [0.25, 0.3) is 11.3 Å². The van der Waals surface area contributed by atoms with Crippen molar-refractivity contribution in [2.45, 2.75) is 19.4 Å². The van der Waals surface area contributed by atoms with Crippen LogP contribution in [0, 0.1) is 5.82 Å². The van der Waals surface area contributed by atoms with E-state index in [1.54, 1.807) is 24.4 Å². The number of halogens is 1. The van der Waals surface area contributed by atoms with Gasteiger partial charge in [0.25, 0.3) is 0 Å². The zero-order valence-electron chi connectivity index (χ0n) is 16.1. The van der Waals surface area contributed by atoms with Crippen molar-refractivity contribution in [2.75, 3.05) is 26.2 Å². The van der Waals surface area contributed by atoms with Gasteiger partial charge in [0.2, 0.25) is 5.91 Å². The van der Waals surface area contributed by atoms with Crippen molar-refractivity contribution < 1.29 is 13.6 Å². The quantitative estimate of drug-likeness (QED) is 0.643. The van der Waals surface area contributed by atoms with E-state index >= 15 is 0 Å². The first-order chi connectivity index (χ1) is 14.2. The summed E-state index contributed by atoms with van der Waals surface area (Å²) in [5.41, 5.74) is 1.42. The highest BCUT2D eigenvalue weighted by molar-refractivity contribution is 5.76. The second-order valence-corrected chi connectivity index (χ2v) is 7.08. The molecule has 1 aliphatic rings. The molecule has 0 spiro atoms. The Balaban J connectivity index is 1.25. The van der Waals surface area contributed by atoms with Crippen LogP contribution in [0.15, 0.2) is 59.3 Å². The van der Waals surface area contributed by atoms with Gasteiger partial charge < -0.3 is 9.32 Å². The predicted octanol–water partition coefficient (Wildman–Crippen LogP) is 3.15. The van der Waals surface area contributed by atoms with E-state index in [0.29, 0.717) is 43.1 Å².